The molecule has 0 aliphatic heterocycles. The third-order valence-electron chi connectivity index (χ3n) is 3.32. The summed E-state index contributed by atoms with van der Waals surface area (Å²) in [5.74, 6) is 0.195. The Morgan fingerprint density at radius 2 is 1.87 bits per heavy atom. The molecule has 2 aromatic carbocycles. The van der Waals surface area contributed by atoms with Gasteiger partial charge in [0.25, 0.3) is 5.91 Å². The smallest absolute Gasteiger partial charge is 0.360 e. The Kier molecular flexibility index (Phi) is 3.72. The number of phenolic OH excluding ortho intramolecular Hbond substituents is 1. The molecule has 1 heterocycles. The van der Waals surface area contributed by atoms with Crippen molar-refractivity contribution in [1.29, 1.82) is 0 Å². The van der Waals surface area contributed by atoms with Crippen LogP contribution in [0.3, 0.4) is 0 Å². The molecule has 3 aromatic rings. The Labute approximate surface area is 130 Å². The van der Waals surface area contributed by atoms with Crippen LogP contribution in [0.15, 0.2) is 57.7 Å². The summed E-state index contributed by atoms with van der Waals surface area (Å²) in [7, 11) is 1.53. The fourth-order valence-electron chi connectivity index (χ4n) is 2.12. The van der Waals surface area contributed by atoms with Crippen molar-refractivity contribution < 1.29 is 19.1 Å². The number of hydrogen-bond donors (Lipinski definition) is 2. The molecule has 0 aliphatic carbocycles. The lowest BCUT2D eigenvalue weighted by Crippen LogP contribution is -2.17. The van der Waals surface area contributed by atoms with Crippen molar-refractivity contribution in [2.75, 3.05) is 12.4 Å². The van der Waals surface area contributed by atoms with Gasteiger partial charge in [-0.2, -0.15) is 0 Å². The molecule has 0 radical (unpaired) electrons. The SMILES string of the molecule is COc1ccc(C(=O)Nc2cc3ccc(O)cc3oc2=O)cc1. The lowest BCUT2D eigenvalue weighted by atomic mass is 10.2. The van der Waals surface area contributed by atoms with Gasteiger partial charge in [-0.1, -0.05) is 0 Å². The second-order valence-corrected chi connectivity index (χ2v) is 4.85. The number of ether oxygens (including phenoxy) is 1. The van der Waals surface area contributed by atoms with E-state index in [1.165, 1.54) is 25.3 Å². The van der Waals surface area contributed by atoms with Gasteiger partial charge in [-0.25, -0.2) is 4.79 Å². The molecule has 0 saturated carbocycles. The molecule has 0 atom stereocenters. The maximum absolute atomic E-state index is 12.2. The second-order valence-electron chi connectivity index (χ2n) is 4.85. The molecule has 3 rings (SSSR count). The normalized spacial score (nSPS) is 10.5. The average Bonchev–Trinajstić information content (AvgIpc) is 2.55. The van der Waals surface area contributed by atoms with Crippen LogP contribution >= 0.6 is 0 Å². The summed E-state index contributed by atoms with van der Waals surface area (Å²) in [6.45, 7) is 0. The number of anilines is 1. The number of methoxy groups -OCH3 is 1. The van der Waals surface area contributed by atoms with E-state index in [1.54, 1.807) is 30.3 Å². The van der Waals surface area contributed by atoms with E-state index in [2.05, 4.69) is 5.32 Å². The molecular formula is C17H13NO5. The van der Waals surface area contributed by atoms with E-state index in [0.717, 1.165) is 0 Å². The summed E-state index contributed by atoms with van der Waals surface area (Å²) in [6, 6.07) is 12.4. The molecule has 116 valence electrons. The number of carbonyl (C=O) groups excluding carboxylic acids is 1. The number of amides is 1. The third-order valence-corrected chi connectivity index (χ3v) is 3.32. The minimum atomic E-state index is -0.690. The van der Waals surface area contributed by atoms with Gasteiger partial charge in [-0.05, 0) is 42.5 Å². The Hall–Kier alpha value is -3.28. The lowest BCUT2D eigenvalue weighted by molar-refractivity contribution is 0.102. The van der Waals surface area contributed by atoms with Gasteiger partial charge in [0.15, 0.2) is 0 Å². The summed E-state index contributed by atoms with van der Waals surface area (Å²) in [5, 5.41) is 12.5. The molecular weight excluding hydrogens is 298 g/mol. The predicted octanol–water partition coefficient (Wildman–Crippen LogP) is 2.76. The number of carbonyl (C=O) groups is 1. The van der Waals surface area contributed by atoms with E-state index in [1.807, 2.05) is 0 Å². The van der Waals surface area contributed by atoms with Crippen LogP contribution in [0.5, 0.6) is 11.5 Å². The maximum atomic E-state index is 12.2. The van der Waals surface area contributed by atoms with Gasteiger partial charge in [-0.3, -0.25) is 4.79 Å². The fraction of sp³-hybridized carbons (Fsp3) is 0.0588. The molecule has 0 aliphatic rings. The Balaban J connectivity index is 1.90. The first-order valence-electron chi connectivity index (χ1n) is 6.79. The molecule has 23 heavy (non-hydrogen) atoms. The monoisotopic (exact) mass is 311 g/mol. The van der Waals surface area contributed by atoms with Crippen molar-refractivity contribution in [3.63, 3.8) is 0 Å². The van der Waals surface area contributed by atoms with Gasteiger partial charge < -0.3 is 19.6 Å². The lowest BCUT2D eigenvalue weighted by Gasteiger charge is -2.06. The Morgan fingerprint density at radius 1 is 1.13 bits per heavy atom. The van der Waals surface area contributed by atoms with Crippen LogP contribution in [-0.2, 0) is 0 Å². The van der Waals surface area contributed by atoms with Crippen molar-refractivity contribution in [2.24, 2.45) is 0 Å². The van der Waals surface area contributed by atoms with Gasteiger partial charge in [0, 0.05) is 17.0 Å². The molecule has 2 N–H and O–H groups in total. The molecule has 0 bridgehead atoms. The molecule has 0 spiro atoms. The van der Waals surface area contributed by atoms with Gasteiger partial charge >= 0.3 is 5.63 Å². The highest BCUT2D eigenvalue weighted by Gasteiger charge is 2.11. The number of fused-ring (bicyclic) bond motifs is 1. The van der Waals surface area contributed by atoms with Crippen LogP contribution in [0.1, 0.15) is 10.4 Å². The van der Waals surface area contributed by atoms with Crippen LogP contribution in [0, 0.1) is 0 Å². The first-order valence-corrected chi connectivity index (χ1v) is 6.79. The quantitative estimate of drug-likeness (QED) is 0.726. The number of aromatic hydroxyl groups is 1. The molecule has 0 fully saturated rings. The van der Waals surface area contributed by atoms with Crippen molar-refractivity contribution in [1.82, 2.24) is 0 Å². The van der Waals surface area contributed by atoms with E-state index < -0.39 is 11.5 Å². The number of rotatable bonds is 3. The van der Waals surface area contributed by atoms with E-state index >= 15 is 0 Å². The minimum absolute atomic E-state index is 0.00401. The van der Waals surface area contributed by atoms with E-state index in [9.17, 15) is 14.7 Å². The van der Waals surface area contributed by atoms with Crippen LogP contribution in [-0.4, -0.2) is 18.1 Å². The number of phenols is 1. The van der Waals surface area contributed by atoms with Gasteiger partial charge in [0.1, 0.15) is 22.8 Å². The van der Waals surface area contributed by atoms with Crippen LogP contribution in [0.2, 0.25) is 0 Å². The highest BCUT2D eigenvalue weighted by Crippen LogP contribution is 2.21. The summed E-state index contributed by atoms with van der Waals surface area (Å²) in [5.41, 5.74) is -0.0255. The van der Waals surface area contributed by atoms with Crippen molar-refractivity contribution in [3.8, 4) is 11.5 Å². The van der Waals surface area contributed by atoms with Gasteiger partial charge in [0.2, 0.25) is 0 Å². The highest BCUT2D eigenvalue weighted by molar-refractivity contribution is 6.04. The number of hydrogen-bond acceptors (Lipinski definition) is 5. The molecule has 0 unspecified atom stereocenters. The molecule has 6 heteroatoms. The third kappa shape index (κ3) is 3.01. The Bertz CT molecular complexity index is 928. The maximum Gasteiger partial charge on any atom is 0.360 e. The van der Waals surface area contributed by atoms with E-state index in [-0.39, 0.29) is 17.0 Å². The van der Waals surface area contributed by atoms with E-state index in [4.69, 9.17) is 9.15 Å². The first kappa shape index (κ1) is 14.6. The minimum Gasteiger partial charge on any atom is -0.508 e. The topological polar surface area (TPSA) is 88.8 Å². The summed E-state index contributed by atoms with van der Waals surface area (Å²) in [6.07, 6.45) is 0. The van der Waals surface area contributed by atoms with Crippen LogP contribution in [0.4, 0.5) is 5.69 Å². The highest BCUT2D eigenvalue weighted by atomic mass is 16.5. The van der Waals surface area contributed by atoms with Gasteiger partial charge in [-0.15, -0.1) is 0 Å². The van der Waals surface area contributed by atoms with Crippen LogP contribution < -0.4 is 15.7 Å². The first-order chi connectivity index (χ1) is 11.1. The zero-order valence-corrected chi connectivity index (χ0v) is 12.2. The standard InChI is InChI=1S/C17H13NO5/c1-22-13-6-3-10(4-7-13)16(20)18-14-8-11-2-5-12(19)9-15(11)23-17(14)21/h2-9,19H,1H3,(H,18,20). The zero-order valence-electron chi connectivity index (χ0n) is 12.2. The predicted molar refractivity (Wildman–Crippen MR) is 85.1 cm³/mol. The average molecular weight is 311 g/mol. The number of benzene rings is 2. The molecule has 1 aromatic heterocycles. The van der Waals surface area contributed by atoms with Crippen molar-refractivity contribution in [2.45, 2.75) is 0 Å². The number of nitrogens with one attached hydrogen (secondary N) is 1. The van der Waals surface area contributed by atoms with E-state index in [0.29, 0.717) is 16.7 Å². The second kappa shape index (κ2) is 5.84. The van der Waals surface area contributed by atoms with Crippen molar-refractivity contribution in [3.05, 3.63) is 64.5 Å². The largest absolute Gasteiger partial charge is 0.508 e. The summed E-state index contributed by atoms with van der Waals surface area (Å²) >= 11 is 0. The summed E-state index contributed by atoms with van der Waals surface area (Å²) < 4.78 is 10.1. The van der Waals surface area contributed by atoms with Crippen molar-refractivity contribution >= 4 is 22.6 Å². The van der Waals surface area contributed by atoms with Gasteiger partial charge in [0.05, 0.1) is 7.11 Å². The Morgan fingerprint density at radius 3 is 2.57 bits per heavy atom. The molecule has 6 nitrogen and oxygen atoms in total. The molecule has 0 saturated heterocycles. The van der Waals surface area contributed by atoms with Crippen LogP contribution in [0.25, 0.3) is 11.0 Å². The fourth-order valence-corrected chi connectivity index (χ4v) is 2.12. The summed E-state index contributed by atoms with van der Waals surface area (Å²) in [4.78, 5) is 24.1. The molecule has 1 amide bonds. The zero-order chi connectivity index (χ0) is 16.4.